The van der Waals surface area contributed by atoms with Crippen molar-refractivity contribution in [3.63, 3.8) is 0 Å². The molecule has 1 aliphatic heterocycles. The van der Waals surface area contributed by atoms with Crippen LogP contribution in [0.3, 0.4) is 0 Å². The van der Waals surface area contributed by atoms with Crippen molar-refractivity contribution in [3.8, 4) is 0 Å². The molecule has 3 nitrogen and oxygen atoms in total. The summed E-state index contributed by atoms with van der Waals surface area (Å²) in [6.45, 7) is 1.40. The molecule has 1 fully saturated rings. The minimum absolute atomic E-state index is 0.151. The van der Waals surface area contributed by atoms with Gasteiger partial charge in [-0.05, 0) is 30.0 Å². The van der Waals surface area contributed by atoms with Gasteiger partial charge in [-0.25, -0.2) is 4.39 Å². The lowest BCUT2D eigenvalue weighted by atomic mass is 9.85. The standard InChI is InChI=1S/C12H15FN2O/c13-11-3-1-2-8(5-11)9-4-10(12(14)16)7-15-6-9/h1-3,5,9-10,15H,4,6-7H2,(H2,14,16). The molecular weight excluding hydrogens is 207 g/mol. The van der Waals surface area contributed by atoms with Gasteiger partial charge in [-0.2, -0.15) is 0 Å². The summed E-state index contributed by atoms with van der Waals surface area (Å²) >= 11 is 0. The summed E-state index contributed by atoms with van der Waals surface area (Å²) in [4.78, 5) is 11.1. The van der Waals surface area contributed by atoms with Crippen molar-refractivity contribution < 1.29 is 9.18 Å². The van der Waals surface area contributed by atoms with Gasteiger partial charge >= 0.3 is 0 Å². The number of carbonyl (C=O) groups excluding carboxylic acids is 1. The Morgan fingerprint density at radius 3 is 2.94 bits per heavy atom. The van der Waals surface area contributed by atoms with Gasteiger partial charge in [0.05, 0.1) is 5.92 Å². The van der Waals surface area contributed by atoms with Crippen LogP contribution in [0.1, 0.15) is 17.9 Å². The quantitative estimate of drug-likeness (QED) is 0.784. The molecule has 0 bridgehead atoms. The van der Waals surface area contributed by atoms with Crippen molar-refractivity contribution in [2.24, 2.45) is 11.7 Å². The number of rotatable bonds is 2. The first-order valence-corrected chi connectivity index (χ1v) is 5.42. The molecule has 0 saturated carbocycles. The third-order valence-corrected chi connectivity index (χ3v) is 3.07. The van der Waals surface area contributed by atoms with Gasteiger partial charge in [0.15, 0.2) is 0 Å². The van der Waals surface area contributed by atoms with E-state index in [1.54, 1.807) is 6.07 Å². The monoisotopic (exact) mass is 222 g/mol. The number of hydrogen-bond donors (Lipinski definition) is 2. The summed E-state index contributed by atoms with van der Waals surface area (Å²) in [5.41, 5.74) is 6.21. The molecule has 0 spiro atoms. The minimum atomic E-state index is -0.284. The third-order valence-electron chi connectivity index (χ3n) is 3.07. The molecule has 0 aliphatic carbocycles. The number of piperidine rings is 1. The second-order valence-electron chi connectivity index (χ2n) is 4.25. The first-order chi connectivity index (χ1) is 7.66. The van der Waals surface area contributed by atoms with Crippen molar-refractivity contribution >= 4 is 5.91 Å². The molecule has 0 aromatic heterocycles. The molecular formula is C12H15FN2O. The van der Waals surface area contributed by atoms with Gasteiger partial charge in [-0.15, -0.1) is 0 Å². The fourth-order valence-corrected chi connectivity index (χ4v) is 2.17. The van der Waals surface area contributed by atoms with Gasteiger partial charge in [0, 0.05) is 13.1 Å². The van der Waals surface area contributed by atoms with E-state index in [9.17, 15) is 9.18 Å². The second-order valence-corrected chi connectivity index (χ2v) is 4.25. The molecule has 1 aliphatic rings. The van der Waals surface area contributed by atoms with Crippen LogP contribution in [0.2, 0.25) is 0 Å². The van der Waals surface area contributed by atoms with Crippen LogP contribution in [0, 0.1) is 11.7 Å². The first-order valence-electron chi connectivity index (χ1n) is 5.42. The highest BCUT2D eigenvalue weighted by atomic mass is 19.1. The third kappa shape index (κ3) is 2.39. The lowest BCUT2D eigenvalue weighted by Crippen LogP contribution is -2.41. The smallest absolute Gasteiger partial charge is 0.221 e. The maximum Gasteiger partial charge on any atom is 0.221 e. The summed E-state index contributed by atoms with van der Waals surface area (Å²) in [7, 11) is 0. The number of carbonyl (C=O) groups is 1. The van der Waals surface area contributed by atoms with Gasteiger partial charge in [0.1, 0.15) is 5.82 Å². The van der Waals surface area contributed by atoms with Crippen LogP contribution < -0.4 is 11.1 Å². The van der Waals surface area contributed by atoms with Crippen molar-refractivity contribution in [3.05, 3.63) is 35.6 Å². The Labute approximate surface area is 93.8 Å². The average Bonchev–Trinajstić information content (AvgIpc) is 2.29. The number of benzene rings is 1. The zero-order chi connectivity index (χ0) is 11.5. The Morgan fingerprint density at radius 2 is 2.25 bits per heavy atom. The van der Waals surface area contributed by atoms with Crippen molar-refractivity contribution in [2.45, 2.75) is 12.3 Å². The summed E-state index contributed by atoms with van der Waals surface area (Å²) in [5, 5.41) is 3.16. The minimum Gasteiger partial charge on any atom is -0.369 e. The predicted molar refractivity (Wildman–Crippen MR) is 59.3 cm³/mol. The predicted octanol–water partition coefficient (Wildman–Crippen LogP) is 1.00. The summed E-state index contributed by atoms with van der Waals surface area (Å²) in [6, 6.07) is 6.53. The zero-order valence-electron chi connectivity index (χ0n) is 8.95. The van der Waals surface area contributed by atoms with E-state index >= 15 is 0 Å². The number of halogens is 1. The van der Waals surface area contributed by atoms with Crippen LogP contribution in [0.4, 0.5) is 4.39 Å². The Bertz CT molecular complexity index is 394. The Balaban J connectivity index is 2.12. The molecule has 1 aromatic carbocycles. The van der Waals surface area contributed by atoms with E-state index in [0.717, 1.165) is 12.1 Å². The van der Waals surface area contributed by atoms with Crippen molar-refractivity contribution in [1.82, 2.24) is 5.32 Å². The molecule has 3 N–H and O–H groups in total. The van der Waals surface area contributed by atoms with Gasteiger partial charge in [-0.1, -0.05) is 12.1 Å². The molecule has 4 heteroatoms. The summed E-state index contributed by atoms with van der Waals surface area (Å²) < 4.78 is 13.1. The van der Waals surface area contributed by atoms with Gasteiger partial charge < -0.3 is 11.1 Å². The molecule has 1 heterocycles. The summed E-state index contributed by atoms with van der Waals surface area (Å²) in [5.74, 6) is -0.503. The van der Waals surface area contributed by atoms with E-state index in [0.29, 0.717) is 13.0 Å². The highest BCUT2D eigenvalue weighted by Gasteiger charge is 2.26. The summed E-state index contributed by atoms with van der Waals surface area (Å²) in [6.07, 6.45) is 0.700. The molecule has 2 rings (SSSR count). The van der Waals surface area contributed by atoms with Crippen LogP contribution in [0.5, 0.6) is 0 Å². The van der Waals surface area contributed by atoms with Crippen LogP contribution >= 0.6 is 0 Å². The van der Waals surface area contributed by atoms with E-state index in [1.165, 1.54) is 12.1 Å². The number of primary amides is 1. The molecule has 2 unspecified atom stereocenters. The van der Waals surface area contributed by atoms with Gasteiger partial charge in [0.2, 0.25) is 5.91 Å². The van der Waals surface area contributed by atoms with E-state index in [-0.39, 0.29) is 23.6 Å². The van der Waals surface area contributed by atoms with E-state index in [1.807, 2.05) is 6.07 Å². The number of hydrogen-bond acceptors (Lipinski definition) is 2. The van der Waals surface area contributed by atoms with E-state index in [4.69, 9.17) is 5.73 Å². The SMILES string of the molecule is NC(=O)C1CNCC(c2cccc(F)c2)C1. The zero-order valence-corrected chi connectivity index (χ0v) is 8.95. The largest absolute Gasteiger partial charge is 0.369 e. The maximum atomic E-state index is 13.1. The number of amides is 1. The van der Waals surface area contributed by atoms with E-state index in [2.05, 4.69) is 5.32 Å². The normalized spacial score (nSPS) is 25.3. The highest BCUT2D eigenvalue weighted by Crippen LogP contribution is 2.26. The van der Waals surface area contributed by atoms with Crippen molar-refractivity contribution in [2.75, 3.05) is 13.1 Å². The molecule has 16 heavy (non-hydrogen) atoms. The van der Waals surface area contributed by atoms with E-state index < -0.39 is 0 Å². The lowest BCUT2D eigenvalue weighted by molar-refractivity contribution is -0.122. The van der Waals surface area contributed by atoms with Crippen LogP contribution in [0.15, 0.2) is 24.3 Å². The molecule has 1 amide bonds. The van der Waals surface area contributed by atoms with Crippen LogP contribution in [-0.4, -0.2) is 19.0 Å². The van der Waals surface area contributed by atoms with Crippen LogP contribution in [0.25, 0.3) is 0 Å². The van der Waals surface area contributed by atoms with Crippen molar-refractivity contribution in [1.29, 1.82) is 0 Å². The average molecular weight is 222 g/mol. The van der Waals surface area contributed by atoms with Crippen LogP contribution in [-0.2, 0) is 4.79 Å². The molecule has 0 radical (unpaired) electrons. The van der Waals surface area contributed by atoms with Gasteiger partial charge in [-0.3, -0.25) is 4.79 Å². The maximum absolute atomic E-state index is 13.1. The fraction of sp³-hybridized carbons (Fsp3) is 0.417. The Hall–Kier alpha value is -1.42. The Kier molecular flexibility index (Phi) is 3.19. The molecule has 2 atom stereocenters. The Morgan fingerprint density at radius 1 is 1.44 bits per heavy atom. The number of nitrogens with one attached hydrogen (secondary N) is 1. The lowest BCUT2D eigenvalue weighted by Gasteiger charge is -2.28. The highest BCUT2D eigenvalue weighted by molar-refractivity contribution is 5.77. The fourth-order valence-electron chi connectivity index (χ4n) is 2.17. The molecule has 86 valence electrons. The molecule has 1 aromatic rings. The second kappa shape index (κ2) is 4.61. The molecule has 1 saturated heterocycles. The van der Waals surface area contributed by atoms with Gasteiger partial charge in [0.25, 0.3) is 0 Å². The number of nitrogens with two attached hydrogens (primary N) is 1. The topological polar surface area (TPSA) is 55.1 Å². The first kappa shape index (κ1) is 11.1.